The zero-order valence-corrected chi connectivity index (χ0v) is 11.8. The lowest BCUT2D eigenvalue weighted by Gasteiger charge is -2.06. The lowest BCUT2D eigenvalue weighted by molar-refractivity contribution is -0.124. The average Bonchev–Trinajstić information content (AvgIpc) is 2.37. The van der Waals surface area contributed by atoms with E-state index in [1.165, 1.54) is 0 Å². The number of ether oxygens (including phenoxy) is 1. The molecule has 0 radical (unpaired) electrons. The second-order valence-electron chi connectivity index (χ2n) is 3.79. The van der Waals surface area contributed by atoms with E-state index in [1.807, 2.05) is 6.92 Å². The van der Waals surface area contributed by atoms with Gasteiger partial charge in [0.15, 0.2) is 6.61 Å². The van der Waals surface area contributed by atoms with Crippen LogP contribution in [0.25, 0.3) is 0 Å². The maximum atomic E-state index is 11.6. The van der Waals surface area contributed by atoms with Crippen molar-refractivity contribution in [1.82, 2.24) is 5.32 Å². The first-order valence-electron chi connectivity index (χ1n) is 5.83. The number of halogens is 1. The van der Waals surface area contributed by atoms with Gasteiger partial charge in [-0.3, -0.25) is 4.79 Å². The highest BCUT2D eigenvalue weighted by Gasteiger charge is 2.09. The van der Waals surface area contributed by atoms with Crippen molar-refractivity contribution in [3.8, 4) is 0 Å². The molecule has 0 fully saturated rings. The van der Waals surface area contributed by atoms with Crippen LogP contribution in [0.15, 0.2) is 28.7 Å². The summed E-state index contributed by atoms with van der Waals surface area (Å²) < 4.78 is 5.78. The third-order valence-electron chi connectivity index (χ3n) is 2.27. The number of rotatable bonds is 6. The Morgan fingerprint density at radius 3 is 2.56 bits per heavy atom. The van der Waals surface area contributed by atoms with Crippen LogP contribution in [0.4, 0.5) is 0 Å². The predicted octanol–water partition coefficient (Wildman–Crippen LogP) is 2.52. The Kier molecular flexibility index (Phi) is 6.43. The summed E-state index contributed by atoms with van der Waals surface area (Å²) in [7, 11) is 0. The summed E-state index contributed by atoms with van der Waals surface area (Å²) in [5.41, 5.74) is 0.430. The summed E-state index contributed by atoms with van der Waals surface area (Å²) in [5.74, 6) is -0.762. The van der Waals surface area contributed by atoms with Gasteiger partial charge in [0.1, 0.15) is 0 Å². The Labute approximate surface area is 115 Å². The number of hydrogen-bond acceptors (Lipinski definition) is 3. The maximum Gasteiger partial charge on any atom is 0.338 e. The molecule has 18 heavy (non-hydrogen) atoms. The molecule has 0 heterocycles. The van der Waals surface area contributed by atoms with Crippen molar-refractivity contribution in [2.75, 3.05) is 13.2 Å². The van der Waals surface area contributed by atoms with Gasteiger partial charge in [0.2, 0.25) is 0 Å². The molecule has 1 N–H and O–H groups in total. The van der Waals surface area contributed by atoms with E-state index in [9.17, 15) is 9.59 Å². The van der Waals surface area contributed by atoms with Crippen molar-refractivity contribution in [2.24, 2.45) is 0 Å². The molecule has 0 spiro atoms. The van der Waals surface area contributed by atoms with Crippen LogP contribution in [0.5, 0.6) is 0 Å². The normalized spacial score (nSPS) is 9.89. The molecule has 98 valence electrons. The smallest absolute Gasteiger partial charge is 0.338 e. The molecule has 0 bridgehead atoms. The topological polar surface area (TPSA) is 55.4 Å². The Morgan fingerprint density at radius 1 is 1.28 bits per heavy atom. The molecule has 0 aliphatic rings. The van der Waals surface area contributed by atoms with Crippen LogP contribution >= 0.6 is 15.9 Å². The molecular weight excluding hydrogens is 298 g/mol. The van der Waals surface area contributed by atoms with Crippen molar-refractivity contribution in [2.45, 2.75) is 19.8 Å². The number of carbonyl (C=O) groups excluding carboxylic acids is 2. The first-order chi connectivity index (χ1) is 8.63. The van der Waals surface area contributed by atoms with Gasteiger partial charge in [-0.05, 0) is 30.7 Å². The molecule has 1 aromatic rings. The van der Waals surface area contributed by atoms with Gasteiger partial charge in [0.05, 0.1) is 5.56 Å². The van der Waals surface area contributed by atoms with Crippen LogP contribution < -0.4 is 5.32 Å². The van der Waals surface area contributed by atoms with Crippen molar-refractivity contribution in [3.63, 3.8) is 0 Å². The predicted molar refractivity (Wildman–Crippen MR) is 72.3 cm³/mol. The number of nitrogens with one attached hydrogen (secondary N) is 1. The molecule has 0 unspecified atom stereocenters. The lowest BCUT2D eigenvalue weighted by atomic mass is 10.2. The Morgan fingerprint density at radius 2 is 1.94 bits per heavy atom. The highest BCUT2D eigenvalue weighted by Crippen LogP contribution is 2.11. The van der Waals surface area contributed by atoms with Gasteiger partial charge < -0.3 is 10.1 Å². The van der Waals surface area contributed by atoms with E-state index >= 15 is 0 Å². The highest BCUT2D eigenvalue weighted by molar-refractivity contribution is 9.10. The second-order valence-corrected chi connectivity index (χ2v) is 4.70. The molecule has 0 aliphatic carbocycles. The number of hydrogen-bond donors (Lipinski definition) is 1. The van der Waals surface area contributed by atoms with Crippen LogP contribution in [0, 0.1) is 0 Å². The number of benzene rings is 1. The summed E-state index contributed by atoms with van der Waals surface area (Å²) >= 11 is 3.28. The van der Waals surface area contributed by atoms with Crippen LogP contribution in [0.1, 0.15) is 30.1 Å². The van der Waals surface area contributed by atoms with Gasteiger partial charge >= 0.3 is 5.97 Å². The molecule has 0 aliphatic heterocycles. The van der Waals surface area contributed by atoms with E-state index in [0.717, 1.165) is 17.3 Å². The van der Waals surface area contributed by atoms with Crippen molar-refractivity contribution >= 4 is 27.8 Å². The minimum absolute atomic E-state index is 0.237. The van der Waals surface area contributed by atoms with Crippen LogP contribution in [-0.4, -0.2) is 25.0 Å². The largest absolute Gasteiger partial charge is 0.452 e. The molecule has 5 heteroatoms. The molecule has 4 nitrogen and oxygen atoms in total. The molecule has 1 rings (SSSR count). The number of esters is 1. The molecule has 0 atom stereocenters. The standard InChI is InChI=1S/C13H16BrNO3/c1-2-3-8-15-12(16)9-18-13(17)10-4-6-11(14)7-5-10/h4-7H,2-3,8-9H2,1H3,(H,15,16). The first-order valence-corrected chi connectivity index (χ1v) is 6.62. The van der Waals surface area contributed by atoms with Gasteiger partial charge in [-0.25, -0.2) is 4.79 Å². The number of amides is 1. The number of carbonyl (C=O) groups is 2. The van der Waals surface area contributed by atoms with E-state index in [4.69, 9.17) is 4.74 Å². The Bertz CT molecular complexity index is 403. The summed E-state index contributed by atoms with van der Waals surface area (Å²) in [6, 6.07) is 6.78. The highest BCUT2D eigenvalue weighted by atomic mass is 79.9. The monoisotopic (exact) mass is 313 g/mol. The molecule has 0 saturated carbocycles. The van der Waals surface area contributed by atoms with Gasteiger partial charge in [-0.1, -0.05) is 29.3 Å². The van der Waals surface area contributed by atoms with Crippen molar-refractivity contribution < 1.29 is 14.3 Å². The molecule has 0 aromatic heterocycles. The molecule has 1 amide bonds. The van der Waals surface area contributed by atoms with Gasteiger partial charge in [-0.2, -0.15) is 0 Å². The van der Waals surface area contributed by atoms with Crippen LogP contribution in [0.3, 0.4) is 0 Å². The maximum absolute atomic E-state index is 11.6. The van der Waals surface area contributed by atoms with E-state index in [2.05, 4.69) is 21.2 Å². The number of unbranched alkanes of at least 4 members (excludes halogenated alkanes) is 1. The lowest BCUT2D eigenvalue weighted by Crippen LogP contribution is -2.29. The Hall–Kier alpha value is -1.36. The first kappa shape index (κ1) is 14.7. The fourth-order valence-electron chi connectivity index (χ4n) is 1.26. The van der Waals surface area contributed by atoms with E-state index < -0.39 is 5.97 Å². The summed E-state index contributed by atoms with van der Waals surface area (Å²) in [6.07, 6.45) is 1.94. The minimum Gasteiger partial charge on any atom is -0.452 e. The van der Waals surface area contributed by atoms with Gasteiger partial charge in [0, 0.05) is 11.0 Å². The van der Waals surface area contributed by atoms with E-state index in [0.29, 0.717) is 12.1 Å². The zero-order valence-electron chi connectivity index (χ0n) is 10.2. The molecular formula is C13H16BrNO3. The van der Waals surface area contributed by atoms with Crippen LogP contribution in [0.2, 0.25) is 0 Å². The third-order valence-corrected chi connectivity index (χ3v) is 2.80. The van der Waals surface area contributed by atoms with E-state index in [1.54, 1.807) is 24.3 Å². The fourth-order valence-corrected chi connectivity index (χ4v) is 1.52. The quantitative estimate of drug-likeness (QED) is 0.648. The summed E-state index contributed by atoms with van der Waals surface area (Å²) in [4.78, 5) is 22.9. The SMILES string of the molecule is CCCCNC(=O)COC(=O)c1ccc(Br)cc1. The fraction of sp³-hybridized carbons (Fsp3) is 0.385. The third kappa shape index (κ3) is 5.31. The van der Waals surface area contributed by atoms with Crippen molar-refractivity contribution in [3.05, 3.63) is 34.3 Å². The summed E-state index contributed by atoms with van der Waals surface area (Å²) in [5, 5.41) is 2.68. The van der Waals surface area contributed by atoms with Crippen LogP contribution in [-0.2, 0) is 9.53 Å². The zero-order chi connectivity index (χ0) is 13.4. The molecule has 1 aromatic carbocycles. The summed E-state index contributed by atoms with van der Waals surface area (Å²) in [6.45, 7) is 2.42. The molecule has 0 saturated heterocycles. The van der Waals surface area contributed by atoms with Crippen molar-refractivity contribution in [1.29, 1.82) is 0 Å². The Balaban J connectivity index is 2.32. The van der Waals surface area contributed by atoms with Gasteiger partial charge in [-0.15, -0.1) is 0 Å². The average molecular weight is 314 g/mol. The minimum atomic E-state index is -0.492. The van der Waals surface area contributed by atoms with Gasteiger partial charge in [0.25, 0.3) is 5.91 Å². The van der Waals surface area contributed by atoms with E-state index in [-0.39, 0.29) is 12.5 Å². The second kappa shape index (κ2) is 7.87.